The van der Waals surface area contributed by atoms with Gasteiger partial charge in [0, 0.05) is 18.4 Å². The van der Waals surface area contributed by atoms with E-state index in [1.165, 1.54) is 44.9 Å². The number of ether oxygens (including phenoxy) is 2. The summed E-state index contributed by atoms with van der Waals surface area (Å²) < 4.78 is 11.3. The molecule has 2 rings (SSSR count). The molecule has 216 valence electrons. The van der Waals surface area contributed by atoms with Crippen LogP contribution in [0.5, 0.6) is 5.75 Å². The Morgan fingerprint density at radius 3 is 2.03 bits per heavy atom. The topological polar surface area (TPSA) is 52.6 Å². The second-order valence-corrected chi connectivity index (χ2v) is 11.3. The van der Waals surface area contributed by atoms with Crippen molar-refractivity contribution >= 4 is 23.4 Å². The van der Waals surface area contributed by atoms with E-state index in [4.69, 9.17) is 21.1 Å². The predicted octanol–water partition coefficient (Wildman–Crippen LogP) is 10.2. The van der Waals surface area contributed by atoms with Crippen LogP contribution in [-0.2, 0) is 9.53 Å². The lowest BCUT2D eigenvalue weighted by atomic mass is 9.99. The van der Waals surface area contributed by atoms with E-state index in [2.05, 4.69) is 20.8 Å². The van der Waals surface area contributed by atoms with Crippen LogP contribution in [-0.4, -0.2) is 24.5 Å². The molecule has 2 unspecified atom stereocenters. The fourth-order valence-corrected chi connectivity index (χ4v) is 4.71. The highest BCUT2D eigenvalue weighted by atomic mass is 35.5. The van der Waals surface area contributed by atoms with Crippen LogP contribution < -0.4 is 4.74 Å². The third-order valence-electron chi connectivity index (χ3n) is 7.32. The minimum absolute atomic E-state index is 0.192. The van der Waals surface area contributed by atoms with E-state index in [-0.39, 0.29) is 24.5 Å². The van der Waals surface area contributed by atoms with Crippen molar-refractivity contribution in [3.63, 3.8) is 0 Å². The monoisotopic (exact) mass is 556 g/mol. The number of esters is 1. The standard InChI is InChI=1S/C34H49ClO4/c1-5-7-8-9-10-11-12-13-14-15-32(36)29-19-17-28(18-20-29)30-21-22-33(31(35)24-30)38-25-27(4)39-34(37)23-16-26(3)6-2/h17-22,24,26-27H,5-16,23,25H2,1-4H3. The van der Waals surface area contributed by atoms with Gasteiger partial charge in [0.05, 0.1) is 5.02 Å². The summed E-state index contributed by atoms with van der Waals surface area (Å²) in [5.74, 6) is 1.09. The number of hydrogen-bond acceptors (Lipinski definition) is 4. The largest absolute Gasteiger partial charge is 0.488 e. The zero-order chi connectivity index (χ0) is 28.5. The third kappa shape index (κ3) is 13.0. The summed E-state index contributed by atoms with van der Waals surface area (Å²) in [7, 11) is 0. The molecule has 5 heteroatoms. The highest BCUT2D eigenvalue weighted by Crippen LogP contribution is 2.31. The molecule has 0 spiro atoms. The Morgan fingerprint density at radius 1 is 0.795 bits per heavy atom. The van der Waals surface area contributed by atoms with Gasteiger partial charge in [-0.15, -0.1) is 0 Å². The zero-order valence-corrected chi connectivity index (χ0v) is 25.4. The summed E-state index contributed by atoms with van der Waals surface area (Å²) in [5.41, 5.74) is 2.71. The number of halogens is 1. The summed E-state index contributed by atoms with van der Waals surface area (Å²) >= 11 is 6.49. The molecule has 0 heterocycles. The molecule has 0 aliphatic heterocycles. The summed E-state index contributed by atoms with van der Waals surface area (Å²) in [6, 6.07) is 13.4. The molecule has 2 aromatic rings. The first kappa shape index (κ1) is 32.9. The molecule has 0 saturated carbocycles. The van der Waals surface area contributed by atoms with Crippen LogP contribution >= 0.6 is 11.6 Å². The Hall–Kier alpha value is -2.33. The normalized spacial score (nSPS) is 12.6. The molecule has 4 nitrogen and oxygen atoms in total. The first-order valence-electron chi connectivity index (χ1n) is 15.1. The van der Waals surface area contributed by atoms with E-state index >= 15 is 0 Å². The predicted molar refractivity (Wildman–Crippen MR) is 163 cm³/mol. The number of rotatable bonds is 20. The van der Waals surface area contributed by atoms with Crippen molar-refractivity contribution < 1.29 is 19.1 Å². The van der Waals surface area contributed by atoms with Gasteiger partial charge >= 0.3 is 5.97 Å². The quantitative estimate of drug-likeness (QED) is 0.0924. The number of ketones is 1. The van der Waals surface area contributed by atoms with Gasteiger partial charge in [0.1, 0.15) is 18.5 Å². The van der Waals surface area contributed by atoms with Crippen molar-refractivity contribution in [1.82, 2.24) is 0 Å². The molecule has 0 N–H and O–H groups in total. The average molecular weight is 557 g/mol. The fraction of sp³-hybridized carbons (Fsp3) is 0.588. The molecule has 2 aromatic carbocycles. The van der Waals surface area contributed by atoms with Crippen LogP contribution in [0.2, 0.25) is 5.02 Å². The molecule has 0 aliphatic rings. The van der Waals surface area contributed by atoms with Crippen molar-refractivity contribution in [2.45, 2.75) is 117 Å². The van der Waals surface area contributed by atoms with Crippen LogP contribution in [0.3, 0.4) is 0 Å². The molecule has 0 fully saturated rings. The Kier molecular flexibility index (Phi) is 15.9. The van der Waals surface area contributed by atoms with Gasteiger partial charge in [-0.2, -0.15) is 0 Å². The second-order valence-electron chi connectivity index (χ2n) is 10.9. The van der Waals surface area contributed by atoms with E-state index in [0.29, 0.717) is 29.5 Å². The van der Waals surface area contributed by atoms with Crippen LogP contribution in [0, 0.1) is 5.92 Å². The van der Waals surface area contributed by atoms with Crippen LogP contribution in [0.1, 0.15) is 122 Å². The first-order valence-corrected chi connectivity index (χ1v) is 15.5. The number of carbonyl (C=O) groups is 2. The summed E-state index contributed by atoms with van der Waals surface area (Å²) in [6.45, 7) is 8.57. The van der Waals surface area contributed by atoms with E-state index in [1.54, 1.807) is 0 Å². The molecule has 2 atom stereocenters. The maximum Gasteiger partial charge on any atom is 0.306 e. The lowest BCUT2D eigenvalue weighted by Crippen LogP contribution is -2.22. The van der Waals surface area contributed by atoms with Gasteiger partial charge in [-0.3, -0.25) is 9.59 Å². The highest BCUT2D eigenvalue weighted by Gasteiger charge is 2.13. The van der Waals surface area contributed by atoms with Crippen molar-refractivity contribution in [2.24, 2.45) is 5.92 Å². The van der Waals surface area contributed by atoms with Crippen molar-refractivity contribution in [2.75, 3.05) is 6.61 Å². The zero-order valence-electron chi connectivity index (χ0n) is 24.6. The molecule has 0 radical (unpaired) electrons. The molecular formula is C34H49ClO4. The maximum absolute atomic E-state index is 12.6. The molecule has 39 heavy (non-hydrogen) atoms. The van der Waals surface area contributed by atoms with Crippen LogP contribution in [0.25, 0.3) is 11.1 Å². The molecule has 0 bridgehead atoms. The lowest BCUT2D eigenvalue weighted by Gasteiger charge is -2.16. The van der Waals surface area contributed by atoms with Crippen molar-refractivity contribution in [3.05, 3.63) is 53.1 Å². The Bertz CT molecular complexity index is 985. The number of carbonyl (C=O) groups excluding carboxylic acids is 2. The van der Waals surface area contributed by atoms with Crippen molar-refractivity contribution in [1.29, 1.82) is 0 Å². The minimum Gasteiger partial charge on any atom is -0.488 e. The minimum atomic E-state index is -0.356. The second kappa shape index (κ2) is 18.9. The Morgan fingerprint density at radius 2 is 1.41 bits per heavy atom. The van der Waals surface area contributed by atoms with Gasteiger partial charge in [0.25, 0.3) is 0 Å². The van der Waals surface area contributed by atoms with Gasteiger partial charge < -0.3 is 9.47 Å². The van der Waals surface area contributed by atoms with E-state index < -0.39 is 0 Å². The molecule has 0 amide bonds. The van der Waals surface area contributed by atoms with Crippen LogP contribution in [0.4, 0.5) is 0 Å². The van der Waals surface area contributed by atoms with Crippen LogP contribution in [0.15, 0.2) is 42.5 Å². The smallest absolute Gasteiger partial charge is 0.306 e. The van der Waals surface area contributed by atoms with E-state index in [9.17, 15) is 9.59 Å². The van der Waals surface area contributed by atoms with Crippen molar-refractivity contribution in [3.8, 4) is 16.9 Å². The van der Waals surface area contributed by atoms with Gasteiger partial charge in [-0.1, -0.05) is 120 Å². The molecule has 0 saturated heterocycles. The summed E-state index contributed by atoms with van der Waals surface area (Å²) in [4.78, 5) is 24.6. The van der Waals surface area contributed by atoms with E-state index in [1.807, 2.05) is 49.4 Å². The fourth-order valence-electron chi connectivity index (χ4n) is 4.48. The van der Waals surface area contributed by atoms with Gasteiger partial charge in [0.15, 0.2) is 5.78 Å². The van der Waals surface area contributed by atoms with E-state index in [0.717, 1.165) is 42.4 Å². The third-order valence-corrected chi connectivity index (χ3v) is 7.62. The first-order chi connectivity index (χ1) is 18.8. The van der Waals surface area contributed by atoms with Gasteiger partial charge in [0.2, 0.25) is 0 Å². The average Bonchev–Trinajstić information content (AvgIpc) is 2.94. The number of hydrogen-bond donors (Lipinski definition) is 0. The molecule has 0 aliphatic carbocycles. The lowest BCUT2D eigenvalue weighted by molar-refractivity contribution is -0.149. The number of Topliss-reactive ketones (excluding diaryl/α,β-unsaturated/α-hetero) is 1. The maximum atomic E-state index is 12.6. The Balaban J connectivity index is 1.76. The highest BCUT2D eigenvalue weighted by molar-refractivity contribution is 6.32. The molecular weight excluding hydrogens is 508 g/mol. The number of benzene rings is 2. The van der Waals surface area contributed by atoms with Gasteiger partial charge in [-0.25, -0.2) is 0 Å². The summed E-state index contributed by atoms with van der Waals surface area (Å²) in [5, 5.41) is 0.494. The summed E-state index contributed by atoms with van der Waals surface area (Å²) in [6.07, 6.45) is 13.8. The van der Waals surface area contributed by atoms with Gasteiger partial charge in [-0.05, 0) is 48.9 Å². The SMILES string of the molecule is CCCCCCCCCCCC(=O)c1ccc(-c2ccc(OCC(C)OC(=O)CCC(C)CC)c(Cl)c2)cc1. The Labute approximate surface area is 241 Å². The molecule has 0 aromatic heterocycles. The number of unbranched alkanes of at least 4 members (excludes halogenated alkanes) is 8.